The molecule has 8 heteroatoms. The van der Waals surface area contributed by atoms with Crippen LogP contribution in [0.3, 0.4) is 0 Å². The summed E-state index contributed by atoms with van der Waals surface area (Å²) in [5.41, 5.74) is 2.60. The van der Waals surface area contributed by atoms with Gasteiger partial charge in [0.25, 0.3) is 0 Å². The van der Waals surface area contributed by atoms with E-state index in [4.69, 9.17) is 14.2 Å². The summed E-state index contributed by atoms with van der Waals surface area (Å²) in [6.07, 6.45) is 3.59. The van der Waals surface area contributed by atoms with Gasteiger partial charge < -0.3 is 19.5 Å². The van der Waals surface area contributed by atoms with Crippen molar-refractivity contribution in [1.82, 2.24) is 19.7 Å². The lowest BCUT2D eigenvalue weighted by atomic mass is 10.2. The van der Waals surface area contributed by atoms with Crippen LogP contribution in [0.5, 0.6) is 17.2 Å². The van der Waals surface area contributed by atoms with E-state index in [1.54, 1.807) is 39.7 Å². The van der Waals surface area contributed by atoms with E-state index in [0.29, 0.717) is 34.7 Å². The molecule has 0 unspecified atom stereocenters. The predicted octanol–water partition coefficient (Wildman–Crippen LogP) is 3.89. The molecular weight excluding hydrogens is 370 g/mol. The first-order valence-electron chi connectivity index (χ1n) is 8.98. The van der Waals surface area contributed by atoms with Gasteiger partial charge in [-0.2, -0.15) is 10.1 Å². The highest BCUT2D eigenvalue weighted by Gasteiger charge is 2.15. The third-order valence-corrected chi connectivity index (χ3v) is 4.54. The molecule has 0 fully saturated rings. The van der Waals surface area contributed by atoms with Gasteiger partial charge in [0.2, 0.25) is 11.7 Å². The number of nitrogens with one attached hydrogen (secondary N) is 1. The molecule has 0 saturated heterocycles. The first-order chi connectivity index (χ1) is 14.1. The number of methoxy groups -OCH3 is 3. The van der Waals surface area contributed by atoms with Gasteiger partial charge in [-0.25, -0.2) is 9.67 Å². The van der Waals surface area contributed by atoms with Gasteiger partial charge >= 0.3 is 0 Å². The van der Waals surface area contributed by atoms with Gasteiger partial charge in [-0.3, -0.25) is 0 Å². The molecule has 0 atom stereocenters. The normalized spacial score (nSPS) is 10.8. The van der Waals surface area contributed by atoms with Crippen LogP contribution in [0.1, 0.15) is 5.56 Å². The Morgan fingerprint density at radius 2 is 1.66 bits per heavy atom. The van der Waals surface area contributed by atoms with Crippen LogP contribution in [0.25, 0.3) is 16.7 Å². The fraction of sp³-hybridized carbons (Fsp3) is 0.190. The van der Waals surface area contributed by atoms with Crippen molar-refractivity contribution >= 4 is 22.5 Å². The van der Waals surface area contributed by atoms with E-state index in [0.717, 1.165) is 16.5 Å². The third-order valence-electron chi connectivity index (χ3n) is 4.54. The quantitative estimate of drug-likeness (QED) is 0.534. The lowest BCUT2D eigenvalue weighted by Gasteiger charge is -2.15. The summed E-state index contributed by atoms with van der Waals surface area (Å²) in [5, 5.41) is 8.74. The smallest absolute Gasteiger partial charge is 0.229 e. The summed E-state index contributed by atoms with van der Waals surface area (Å²) in [7, 11) is 4.71. The molecule has 0 amide bonds. The van der Waals surface area contributed by atoms with E-state index >= 15 is 0 Å². The minimum Gasteiger partial charge on any atom is -0.493 e. The Balaban J connectivity index is 1.74. The highest BCUT2D eigenvalue weighted by Crippen LogP contribution is 2.40. The average Bonchev–Trinajstić information content (AvgIpc) is 3.18. The lowest BCUT2D eigenvalue weighted by molar-refractivity contribution is 0.324. The van der Waals surface area contributed by atoms with Crippen LogP contribution in [-0.4, -0.2) is 41.1 Å². The van der Waals surface area contributed by atoms with E-state index in [2.05, 4.69) is 20.4 Å². The molecule has 0 bridgehead atoms. The second kappa shape index (κ2) is 7.67. The van der Waals surface area contributed by atoms with Crippen LogP contribution in [-0.2, 0) is 0 Å². The molecule has 2 aromatic carbocycles. The van der Waals surface area contributed by atoms with Crippen LogP contribution in [0.4, 0.5) is 11.6 Å². The topological polar surface area (TPSA) is 83.3 Å². The number of aryl methyl sites for hydroxylation is 1. The Hall–Kier alpha value is -3.81. The Morgan fingerprint density at radius 1 is 0.931 bits per heavy atom. The summed E-state index contributed by atoms with van der Waals surface area (Å²) in [6, 6.07) is 11.6. The summed E-state index contributed by atoms with van der Waals surface area (Å²) in [4.78, 5) is 9.08. The van der Waals surface area contributed by atoms with E-state index in [1.807, 2.05) is 42.1 Å². The highest BCUT2D eigenvalue weighted by atomic mass is 16.5. The van der Waals surface area contributed by atoms with Gasteiger partial charge in [0.05, 0.1) is 33.0 Å². The molecule has 2 aromatic heterocycles. The maximum atomic E-state index is 5.41. The van der Waals surface area contributed by atoms with Crippen LogP contribution in [0, 0.1) is 6.92 Å². The Bertz CT molecular complexity index is 1150. The molecule has 0 spiro atoms. The standard InChI is InChI=1S/C21H21N5O3/c1-13-11-22-21(24-15-9-17(27-2)19(29-4)18(10-15)28-3)25-20(13)26-16-8-6-5-7-14(16)12-23-26/h5-12H,1-4H3,(H,22,24,25). The molecule has 29 heavy (non-hydrogen) atoms. The van der Waals surface area contributed by atoms with E-state index < -0.39 is 0 Å². The SMILES string of the molecule is COc1cc(Nc2ncc(C)c(-n3ncc4ccccc43)n2)cc(OC)c1OC. The van der Waals surface area contributed by atoms with E-state index in [9.17, 15) is 0 Å². The number of anilines is 2. The van der Waals surface area contributed by atoms with Crippen molar-refractivity contribution in [3.63, 3.8) is 0 Å². The maximum Gasteiger partial charge on any atom is 0.229 e. The molecule has 4 rings (SSSR count). The Kier molecular flexibility index (Phi) is 4.90. The molecule has 148 valence electrons. The number of fused-ring (bicyclic) bond motifs is 1. The summed E-state index contributed by atoms with van der Waals surface area (Å²) < 4.78 is 18.0. The summed E-state index contributed by atoms with van der Waals surface area (Å²) in [6.45, 7) is 1.95. The second-order valence-electron chi connectivity index (χ2n) is 6.35. The number of hydrogen-bond donors (Lipinski definition) is 1. The van der Waals surface area contributed by atoms with Crippen molar-refractivity contribution in [2.24, 2.45) is 0 Å². The highest BCUT2D eigenvalue weighted by molar-refractivity contribution is 5.80. The molecule has 0 aliphatic heterocycles. The van der Waals surface area contributed by atoms with E-state index in [-0.39, 0.29) is 0 Å². The number of ether oxygens (including phenoxy) is 3. The largest absolute Gasteiger partial charge is 0.493 e. The fourth-order valence-corrected chi connectivity index (χ4v) is 3.13. The molecule has 0 aliphatic carbocycles. The zero-order valence-corrected chi connectivity index (χ0v) is 16.6. The molecule has 1 N–H and O–H groups in total. The number of rotatable bonds is 6. The maximum absolute atomic E-state index is 5.41. The van der Waals surface area contributed by atoms with Gasteiger partial charge in [0.1, 0.15) is 0 Å². The van der Waals surface area contributed by atoms with Crippen molar-refractivity contribution < 1.29 is 14.2 Å². The van der Waals surface area contributed by atoms with Crippen molar-refractivity contribution in [3.8, 4) is 23.1 Å². The second-order valence-corrected chi connectivity index (χ2v) is 6.35. The monoisotopic (exact) mass is 391 g/mol. The summed E-state index contributed by atoms with van der Waals surface area (Å²) >= 11 is 0. The lowest BCUT2D eigenvalue weighted by Crippen LogP contribution is -2.07. The molecule has 0 saturated carbocycles. The Labute approximate surface area is 168 Å². The van der Waals surface area contributed by atoms with Gasteiger partial charge in [-0.05, 0) is 13.0 Å². The van der Waals surface area contributed by atoms with Crippen molar-refractivity contribution in [2.75, 3.05) is 26.6 Å². The number of benzene rings is 2. The van der Waals surface area contributed by atoms with Crippen molar-refractivity contribution in [1.29, 1.82) is 0 Å². The van der Waals surface area contributed by atoms with Gasteiger partial charge in [-0.1, -0.05) is 18.2 Å². The Morgan fingerprint density at radius 3 is 2.34 bits per heavy atom. The number of hydrogen-bond acceptors (Lipinski definition) is 7. The van der Waals surface area contributed by atoms with Gasteiger partial charge in [0, 0.05) is 35.0 Å². The predicted molar refractivity (Wildman–Crippen MR) is 111 cm³/mol. The van der Waals surface area contributed by atoms with Crippen LogP contribution >= 0.6 is 0 Å². The number of para-hydroxylation sites is 1. The number of nitrogens with zero attached hydrogens (tertiary/aromatic N) is 4. The third kappa shape index (κ3) is 3.40. The van der Waals surface area contributed by atoms with Crippen molar-refractivity contribution in [2.45, 2.75) is 6.92 Å². The zero-order valence-electron chi connectivity index (χ0n) is 16.6. The molecule has 4 aromatic rings. The molecule has 0 aliphatic rings. The molecule has 8 nitrogen and oxygen atoms in total. The molecule has 0 radical (unpaired) electrons. The zero-order chi connectivity index (χ0) is 20.4. The minimum atomic E-state index is 0.430. The van der Waals surface area contributed by atoms with Crippen LogP contribution in [0.15, 0.2) is 48.8 Å². The van der Waals surface area contributed by atoms with Crippen LogP contribution in [0.2, 0.25) is 0 Å². The average molecular weight is 391 g/mol. The van der Waals surface area contributed by atoms with E-state index in [1.165, 1.54) is 0 Å². The minimum absolute atomic E-state index is 0.430. The molecular formula is C21H21N5O3. The van der Waals surface area contributed by atoms with Crippen molar-refractivity contribution in [3.05, 3.63) is 54.4 Å². The first kappa shape index (κ1) is 18.5. The number of aromatic nitrogens is 4. The first-order valence-corrected chi connectivity index (χ1v) is 8.98. The van der Waals surface area contributed by atoms with Crippen LogP contribution < -0.4 is 19.5 Å². The van der Waals surface area contributed by atoms with Gasteiger partial charge in [0.15, 0.2) is 17.3 Å². The summed E-state index contributed by atoms with van der Waals surface area (Å²) in [5.74, 6) is 2.74. The van der Waals surface area contributed by atoms with Gasteiger partial charge in [-0.15, -0.1) is 0 Å². The fourth-order valence-electron chi connectivity index (χ4n) is 3.13. The molecule has 2 heterocycles.